The van der Waals surface area contributed by atoms with E-state index in [1.807, 2.05) is 13.8 Å². The summed E-state index contributed by atoms with van der Waals surface area (Å²) in [6.45, 7) is 5.44. The van der Waals surface area contributed by atoms with E-state index in [0.29, 0.717) is 30.6 Å². The SMILES string of the molecule is Cc1coc2c1C(=O)[C@H]1[C@@](C)(C2)[C@H](O)CC[C@@]1(C)O. The van der Waals surface area contributed by atoms with Gasteiger partial charge in [-0.25, -0.2) is 0 Å². The van der Waals surface area contributed by atoms with Gasteiger partial charge >= 0.3 is 0 Å². The Kier molecular flexibility index (Phi) is 2.51. The molecule has 3 rings (SSSR count). The van der Waals surface area contributed by atoms with Crippen molar-refractivity contribution in [3.8, 4) is 0 Å². The molecule has 19 heavy (non-hydrogen) atoms. The van der Waals surface area contributed by atoms with Crippen LogP contribution < -0.4 is 0 Å². The molecule has 1 saturated carbocycles. The van der Waals surface area contributed by atoms with Crippen LogP contribution in [0.3, 0.4) is 0 Å². The maximum Gasteiger partial charge on any atom is 0.173 e. The number of carbonyl (C=O) groups excluding carboxylic acids is 1. The van der Waals surface area contributed by atoms with Crippen LogP contribution in [0.25, 0.3) is 0 Å². The highest BCUT2D eigenvalue weighted by molar-refractivity contribution is 6.02. The summed E-state index contributed by atoms with van der Waals surface area (Å²) in [6.07, 6.45) is 2.48. The van der Waals surface area contributed by atoms with Crippen molar-refractivity contribution in [1.82, 2.24) is 0 Å². The molecule has 4 atom stereocenters. The van der Waals surface area contributed by atoms with Gasteiger partial charge < -0.3 is 14.6 Å². The molecule has 0 aromatic carbocycles. The molecular weight excluding hydrogens is 244 g/mol. The van der Waals surface area contributed by atoms with Crippen molar-refractivity contribution in [2.24, 2.45) is 11.3 Å². The smallest absolute Gasteiger partial charge is 0.173 e. The van der Waals surface area contributed by atoms with Crippen molar-refractivity contribution >= 4 is 5.78 Å². The number of fused-ring (bicyclic) bond motifs is 2. The van der Waals surface area contributed by atoms with E-state index in [4.69, 9.17) is 4.42 Å². The van der Waals surface area contributed by atoms with E-state index in [-0.39, 0.29) is 5.78 Å². The van der Waals surface area contributed by atoms with Crippen LogP contribution in [0.1, 0.15) is 48.4 Å². The third kappa shape index (κ3) is 1.56. The van der Waals surface area contributed by atoms with E-state index >= 15 is 0 Å². The number of hydrogen-bond acceptors (Lipinski definition) is 4. The molecule has 4 heteroatoms. The van der Waals surface area contributed by atoms with Gasteiger partial charge in [-0.15, -0.1) is 0 Å². The lowest BCUT2D eigenvalue weighted by Crippen LogP contribution is -2.60. The van der Waals surface area contributed by atoms with Crippen molar-refractivity contribution in [2.45, 2.75) is 51.7 Å². The van der Waals surface area contributed by atoms with Gasteiger partial charge in [0.2, 0.25) is 0 Å². The third-order valence-electron chi connectivity index (χ3n) is 5.07. The number of aryl methyl sites for hydroxylation is 1. The predicted molar refractivity (Wildman–Crippen MR) is 68.9 cm³/mol. The summed E-state index contributed by atoms with van der Waals surface area (Å²) in [7, 11) is 0. The van der Waals surface area contributed by atoms with Crippen LogP contribution in [0, 0.1) is 18.3 Å². The highest BCUT2D eigenvalue weighted by atomic mass is 16.3. The van der Waals surface area contributed by atoms with Crippen LogP contribution in [0.5, 0.6) is 0 Å². The zero-order valence-corrected chi connectivity index (χ0v) is 11.6. The maximum absolute atomic E-state index is 12.8. The molecule has 0 amide bonds. The van der Waals surface area contributed by atoms with Crippen molar-refractivity contribution in [1.29, 1.82) is 0 Å². The lowest BCUT2D eigenvalue weighted by molar-refractivity contribution is -0.136. The molecule has 2 aliphatic rings. The van der Waals surface area contributed by atoms with Crippen molar-refractivity contribution < 1.29 is 19.4 Å². The van der Waals surface area contributed by atoms with E-state index in [1.54, 1.807) is 13.2 Å². The largest absolute Gasteiger partial charge is 0.468 e. The second kappa shape index (κ2) is 3.70. The minimum absolute atomic E-state index is 0.0845. The molecule has 0 saturated heterocycles. The van der Waals surface area contributed by atoms with Crippen LogP contribution in [-0.4, -0.2) is 27.7 Å². The van der Waals surface area contributed by atoms with Gasteiger partial charge in [-0.3, -0.25) is 4.79 Å². The summed E-state index contributed by atoms with van der Waals surface area (Å²) in [4.78, 5) is 12.8. The zero-order chi connectivity index (χ0) is 14.0. The number of aliphatic hydroxyl groups excluding tert-OH is 1. The molecular formula is C15H20O4. The van der Waals surface area contributed by atoms with E-state index in [9.17, 15) is 15.0 Å². The minimum atomic E-state index is -1.06. The van der Waals surface area contributed by atoms with E-state index in [1.165, 1.54) is 0 Å². The van der Waals surface area contributed by atoms with E-state index in [2.05, 4.69) is 0 Å². The molecule has 4 nitrogen and oxygen atoms in total. The lowest BCUT2D eigenvalue weighted by atomic mass is 9.53. The zero-order valence-electron chi connectivity index (χ0n) is 11.6. The Labute approximate surface area is 112 Å². The first-order valence-electron chi connectivity index (χ1n) is 6.79. The number of furan rings is 1. The molecule has 0 spiro atoms. The topological polar surface area (TPSA) is 70.7 Å². The quantitative estimate of drug-likeness (QED) is 0.750. The Bertz CT molecular complexity index is 542. The normalized spacial score (nSPS) is 41.8. The van der Waals surface area contributed by atoms with Gasteiger partial charge in [0.1, 0.15) is 5.76 Å². The Morgan fingerprint density at radius 3 is 2.79 bits per heavy atom. The molecule has 1 fully saturated rings. The molecule has 2 N–H and O–H groups in total. The summed E-state index contributed by atoms with van der Waals surface area (Å²) in [5.74, 6) is 0.00398. The minimum Gasteiger partial charge on any atom is -0.468 e. The molecule has 2 aliphatic carbocycles. The fourth-order valence-corrected chi connectivity index (χ4v) is 4.06. The lowest BCUT2D eigenvalue weighted by Gasteiger charge is -2.53. The first-order valence-corrected chi connectivity index (χ1v) is 6.79. The Hall–Kier alpha value is -1.13. The number of Topliss-reactive ketones (excluding diaryl/α,β-unsaturated/α-hetero) is 1. The Morgan fingerprint density at radius 1 is 1.42 bits per heavy atom. The average molecular weight is 264 g/mol. The molecule has 0 aliphatic heterocycles. The molecule has 0 unspecified atom stereocenters. The fourth-order valence-electron chi connectivity index (χ4n) is 4.06. The van der Waals surface area contributed by atoms with Gasteiger partial charge in [-0.05, 0) is 32.3 Å². The van der Waals surface area contributed by atoms with E-state index < -0.39 is 23.0 Å². The second-order valence-corrected chi connectivity index (χ2v) is 6.61. The van der Waals surface area contributed by atoms with Crippen LogP contribution in [0.2, 0.25) is 0 Å². The fraction of sp³-hybridized carbons (Fsp3) is 0.667. The molecule has 1 aromatic rings. The second-order valence-electron chi connectivity index (χ2n) is 6.61. The molecule has 1 aromatic heterocycles. The maximum atomic E-state index is 12.8. The summed E-state index contributed by atoms with van der Waals surface area (Å²) in [5, 5.41) is 21.0. The van der Waals surface area contributed by atoms with Gasteiger partial charge in [0.25, 0.3) is 0 Å². The van der Waals surface area contributed by atoms with Crippen molar-refractivity contribution in [2.75, 3.05) is 0 Å². The summed E-state index contributed by atoms with van der Waals surface area (Å²) < 4.78 is 5.47. The standard InChI is InChI=1S/C15H20O4/c1-8-7-19-9-6-14(2)10(16)4-5-15(3,18)13(14)12(17)11(8)9/h7,10,13,16,18H,4-6H2,1-3H3/t10-,13+,14+,15-/m1/s1. The third-order valence-corrected chi connectivity index (χ3v) is 5.07. The highest BCUT2D eigenvalue weighted by Gasteiger charge is 2.59. The monoisotopic (exact) mass is 264 g/mol. The predicted octanol–water partition coefficient (Wildman–Crippen LogP) is 1.86. The van der Waals surface area contributed by atoms with Crippen LogP contribution in [-0.2, 0) is 6.42 Å². The molecule has 0 bridgehead atoms. The molecule has 1 heterocycles. The first kappa shape index (κ1) is 12.9. The average Bonchev–Trinajstić information content (AvgIpc) is 2.65. The van der Waals surface area contributed by atoms with E-state index in [0.717, 1.165) is 5.56 Å². The van der Waals surface area contributed by atoms with Crippen LogP contribution in [0.15, 0.2) is 10.7 Å². The van der Waals surface area contributed by atoms with Crippen molar-refractivity contribution in [3.05, 3.63) is 23.2 Å². The number of carbonyl (C=O) groups is 1. The molecule has 0 radical (unpaired) electrons. The number of aliphatic hydroxyl groups is 2. The highest BCUT2D eigenvalue weighted by Crippen LogP contribution is 2.53. The van der Waals surface area contributed by atoms with Crippen LogP contribution >= 0.6 is 0 Å². The van der Waals surface area contributed by atoms with Gasteiger partial charge in [-0.2, -0.15) is 0 Å². The Balaban J connectivity index is 2.18. The summed E-state index contributed by atoms with van der Waals surface area (Å²) in [6, 6.07) is 0. The number of rotatable bonds is 0. The molecule has 104 valence electrons. The van der Waals surface area contributed by atoms with Crippen LogP contribution in [0.4, 0.5) is 0 Å². The Morgan fingerprint density at radius 2 is 2.11 bits per heavy atom. The van der Waals surface area contributed by atoms with Gasteiger partial charge in [-0.1, -0.05) is 6.92 Å². The number of ketones is 1. The number of hydrogen-bond donors (Lipinski definition) is 2. The van der Waals surface area contributed by atoms with Gasteiger partial charge in [0.15, 0.2) is 5.78 Å². The summed E-state index contributed by atoms with van der Waals surface area (Å²) in [5.41, 5.74) is -0.280. The van der Waals surface area contributed by atoms with Gasteiger partial charge in [0, 0.05) is 11.8 Å². The van der Waals surface area contributed by atoms with Gasteiger partial charge in [0.05, 0.1) is 29.4 Å². The summed E-state index contributed by atoms with van der Waals surface area (Å²) >= 11 is 0. The first-order chi connectivity index (χ1) is 8.77. The van der Waals surface area contributed by atoms with Crippen molar-refractivity contribution in [3.63, 3.8) is 0 Å².